The normalized spacial score (nSPS) is 20.3. The first-order valence-corrected chi connectivity index (χ1v) is 12.4. The number of pyridine rings is 1. The Kier molecular flexibility index (Phi) is 6.33. The first-order chi connectivity index (χ1) is 17.2. The molecule has 0 spiro atoms. The molecule has 2 fully saturated rings. The summed E-state index contributed by atoms with van der Waals surface area (Å²) in [6.07, 6.45) is 7.92. The third-order valence-electron chi connectivity index (χ3n) is 6.63. The molecule has 2 aliphatic rings. The van der Waals surface area contributed by atoms with Crippen LogP contribution in [0.4, 0.5) is 0 Å². The molecule has 11 nitrogen and oxygen atoms in total. The van der Waals surface area contributed by atoms with Gasteiger partial charge in [0.2, 0.25) is 5.88 Å². The summed E-state index contributed by atoms with van der Waals surface area (Å²) in [5.74, 6) is 0.567. The van der Waals surface area contributed by atoms with Gasteiger partial charge in [-0.3, -0.25) is 9.59 Å². The van der Waals surface area contributed by atoms with E-state index in [9.17, 15) is 14.7 Å². The lowest BCUT2D eigenvalue weighted by Crippen LogP contribution is -2.39. The number of amides is 2. The minimum absolute atomic E-state index is 0.0157. The van der Waals surface area contributed by atoms with Crippen molar-refractivity contribution in [1.29, 1.82) is 0 Å². The lowest BCUT2D eigenvalue weighted by molar-refractivity contribution is 0.0279. The summed E-state index contributed by atoms with van der Waals surface area (Å²) in [6, 6.07) is 3.73. The van der Waals surface area contributed by atoms with Crippen molar-refractivity contribution in [3.63, 3.8) is 0 Å². The maximum atomic E-state index is 13.2. The molecule has 36 heavy (non-hydrogen) atoms. The molecule has 3 aromatic heterocycles. The van der Waals surface area contributed by atoms with Crippen LogP contribution < -0.4 is 20.5 Å². The lowest BCUT2D eigenvalue weighted by atomic mass is 9.92. The Hall–Kier alpha value is -3.60. The summed E-state index contributed by atoms with van der Waals surface area (Å²) in [4.78, 5) is 24.6. The van der Waals surface area contributed by atoms with E-state index in [1.54, 1.807) is 24.6 Å². The molecule has 0 bridgehead atoms. The number of nitrogens with zero attached hydrogens (tertiary/aromatic N) is 3. The van der Waals surface area contributed by atoms with Crippen LogP contribution in [-0.4, -0.2) is 61.1 Å². The fourth-order valence-electron chi connectivity index (χ4n) is 4.63. The number of carbonyl (C=O) groups is 2. The average molecular weight is 497 g/mol. The van der Waals surface area contributed by atoms with Gasteiger partial charge >= 0.3 is 0 Å². The van der Waals surface area contributed by atoms with Gasteiger partial charge in [-0.05, 0) is 64.5 Å². The van der Waals surface area contributed by atoms with Crippen molar-refractivity contribution in [3.05, 3.63) is 41.3 Å². The predicted molar refractivity (Wildman–Crippen MR) is 130 cm³/mol. The number of rotatable bonds is 9. The third kappa shape index (κ3) is 5.15. The molecule has 5 rings (SSSR count). The van der Waals surface area contributed by atoms with Crippen LogP contribution >= 0.6 is 0 Å². The van der Waals surface area contributed by atoms with E-state index in [2.05, 4.69) is 20.6 Å². The van der Waals surface area contributed by atoms with Crippen molar-refractivity contribution in [2.24, 2.45) is 5.73 Å². The van der Waals surface area contributed by atoms with Gasteiger partial charge in [0, 0.05) is 12.0 Å². The summed E-state index contributed by atoms with van der Waals surface area (Å²) in [6.45, 7) is 3.57. The number of nitrogens with one attached hydrogen (secondary N) is 2. The quantitative estimate of drug-likeness (QED) is 0.354. The van der Waals surface area contributed by atoms with Gasteiger partial charge < -0.3 is 25.6 Å². The van der Waals surface area contributed by atoms with Crippen LogP contribution in [0.15, 0.2) is 24.5 Å². The molecule has 5 N–H and O–H groups in total. The van der Waals surface area contributed by atoms with Gasteiger partial charge in [0.15, 0.2) is 0 Å². The number of H-pyrrole nitrogens is 1. The number of nitrogens with two attached hydrogens (primary N) is 1. The second-order valence-corrected chi connectivity index (χ2v) is 10.4. The summed E-state index contributed by atoms with van der Waals surface area (Å²) < 4.78 is 13.6. The molecule has 0 saturated heterocycles. The zero-order valence-electron chi connectivity index (χ0n) is 20.5. The minimum atomic E-state index is -0.947. The molecule has 2 amide bonds. The Bertz CT molecular complexity index is 1260. The second kappa shape index (κ2) is 9.45. The predicted octanol–water partition coefficient (Wildman–Crippen LogP) is 2.30. The van der Waals surface area contributed by atoms with Gasteiger partial charge in [-0.15, -0.1) is 0 Å². The van der Waals surface area contributed by atoms with Gasteiger partial charge in [-0.25, -0.2) is 9.61 Å². The van der Waals surface area contributed by atoms with Crippen LogP contribution in [0.25, 0.3) is 5.52 Å². The number of carbonyl (C=O) groups excluding carboxylic acids is 2. The van der Waals surface area contributed by atoms with Crippen molar-refractivity contribution in [1.82, 2.24) is 25.1 Å². The maximum absolute atomic E-state index is 13.2. The first kappa shape index (κ1) is 24.1. The zero-order valence-corrected chi connectivity index (χ0v) is 20.5. The van der Waals surface area contributed by atoms with Crippen LogP contribution in [-0.2, 0) is 0 Å². The standard InChI is InChI=1S/C25H32N6O5/c1-25(2,34)13-35-20-10-9-19-17(12-28-31(19)21(20)14-3-4-14)23(33)29-15-5-7-16(8-6-15)36-24-18(22(26)32)11-27-30-24/h9-12,14-16,34H,3-8,13H2,1-2H3,(H2,26,32)(H,27,30)(H,29,33). The van der Waals surface area contributed by atoms with Crippen molar-refractivity contribution >= 4 is 17.3 Å². The number of aliphatic hydroxyl groups is 1. The van der Waals surface area contributed by atoms with E-state index in [0.29, 0.717) is 23.1 Å². The molecule has 2 saturated carbocycles. The van der Waals surface area contributed by atoms with Crippen molar-refractivity contribution < 1.29 is 24.2 Å². The minimum Gasteiger partial charge on any atom is -0.489 e. The molecule has 192 valence electrons. The molecule has 2 aliphatic carbocycles. The molecule has 0 radical (unpaired) electrons. The zero-order chi connectivity index (χ0) is 25.4. The Labute approximate surface area is 208 Å². The summed E-state index contributed by atoms with van der Waals surface area (Å²) in [5.41, 5.74) is 6.84. The highest BCUT2D eigenvalue weighted by Gasteiger charge is 2.32. The number of ether oxygens (including phenoxy) is 2. The van der Waals surface area contributed by atoms with Crippen molar-refractivity contribution in [2.75, 3.05) is 6.61 Å². The van der Waals surface area contributed by atoms with E-state index in [-0.39, 0.29) is 30.2 Å². The first-order valence-electron chi connectivity index (χ1n) is 12.4. The van der Waals surface area contributed by atoms with E-state index in [1.165, 1.54) is 6.20 Å². The topological polar surface area (TPSA) is 157 Å². The largest absolute Gasteiger partial charge is 0.489 e. The highest BCUT2D eigenvalue weighted by molar-refractivity contribution is 6.01. The molecule has 0 unspecified atom stereocenters. The molecular formula is C25H32N6O5. The van der Waals surface area contributed by atoms with E-state index in [0.717, 1.165) is 49.7 Å². The van der Waals surface area contributed by atoms with Gasteiger partial charge in [-0.1, -0.05) is 0 Å². The van der Waals surface area contributed by atoms with E-state index in [1.807, 2.05) is 12.1 Å². The maximum Gasteiger partial charge on any atom is 0.255 e. The van der Waals surface area contributed by atoms with Gasteiger partial charge in [0.1, 0.15) is 24.0 Å². The molecule has 0 aliphatic heterocycles. The number of hydrogen-bond acceptors (Lipinski definition) is 7. The number of aromatic amines is 1. The summed E-state index contributed by atoms with van der Waals surface area (Å²) >= 11 is 0. The Morgan fingerprint density at radius 3 is 2.58 bits per heavy atom. The highest BCUT2D eigenvalue weighted by atomic mass is 16.5. The van der Waals surface area contributed by atoms with Crippen molar-refractivity contribution in [3.8, 4) is 11.6 Å². The molecule has 11 heteroatoms. The number of fused-ring (bicyclic) bond motifs is 1. The smallest absolute Gasteiger partial charge is 0.255 e. The second-order valence-electron chi connectivity index (χ2n) is 10.4. The van der Waals surface area contributed by atoms with Crippen LogP contribution in [0, 0.1) is 0 Å². The SMILES string of the molecule is CC(C)(O)COc1ccc2c(C(=O)NC3CCC(Oc4[nH]ncc4C(N)=O)CC3)cnn2c1C1CC1. The molecule has 3 heterocycles. The highest BCUT2D eigenvalue weighted by Crippen LogP contribution is 2.44. The van der Waals surface area contributed by atoms with Gasteiger partial charge in [0.25, 0.3) is 11.8 Å². The number of aromatic nitrogens is 4. The Morgan fingerprint density at radius 1 is 1.17 bits per heavy atom. The third-order valence-corrected chi connectivity index (χ3v) is 6.63. The van der Waals surface area contributed by atoms with Crippen molar-refractivity contribution in [2.45, 2.75) is 76.0 Å². The van der Waals surface area contributed by atoms with Crippen LogP contribution in [0.5, 0.6) is 11.6 Å². The molecule has 0 atom stereocenters. The molecular weight excluding hydrogens is 464 g/mol. The van der Waals surface area contributed by atoms with Gasteiger partial charge in [-0.2, -0.15) is 10.2 Å². The fourth-order valence-corrected chi connectivity index (χ4v) is 4.63. The number of primary amides is 1. The average Bonchev–Trinajstić information content (AvgIpc) is 3.39. The molecule has 0 aromatic carbocycles. The van der Waals surface area contributed by atoms with E-state index >= 15 is 0 Å². The van der Waals surface area contributed by atoms with Crippen LogP contribution in [0.2, 0.25) is 0 Å². The van der Waals surface area contributed by atoms with Crippen LogP contribution in [0.1, 0.15) is 84.7 Å². The van der Waals surface area contributed by atoms with Gasteiger partial charge in [0.05, 0.1) is 34.8 Å². The van der Waals surface area contributed by atoms with E-state index in [4.69, 9.17) is 15.2 Å². The number of hydrogen-bond donors (Lipinski definition) is 4. The Morgan fingerprint density at radius 2 is 1.92 bits per heavy atom. The Balaban J connectivity index is 1.23. The lowest BCUT2D eigenvalue weighted by Gasteiger charge is -2.29. The summed E-state index contributed by atoms with van der Waals surface area (Å²) in [7, 11) is 0. The van der Waals surface area contributed by atoms with E-state index < -0.39 is 11.5 Å². The molecule has 3 aromatic rings. The monoisotopic (exact) mass is 496 g/mol. The fraction of sp³-hybridized carbons (Fsp3) is 0.520. The summed E-state index contributed by atoms with van der Waals surface area (Å²) in [5, 5.41) is 24.2. The van der Waals surface area contributed by atoms with Crippen LogP contribution in [0.3, 0.4) is 0 Å².